The van der Waals surface area contributed by atoms with Crippen molar-refractivity contribution in [2.24, 2.45) is 0 Å². The molecule has 0 heterocycles. The van der Waals surface area contributed by atoms with Gasteiger partial charge in [-0.25, -0.2) is 4.79 Å². The summed E-state index contributed by atoms with van der Waals surface area (Å²) in [4.78, 5) is 19.4. The Morgan fingerprint density at radius 2 is 1.78 bits per heavy atom. The summed E-state index contributed by atoms with van der Waals surface area (Å²) in [7, 11) is 0. The Bertz CT molecular complexity index is 129. The van der Waals surface area contributed by atoms with Gasteiger partial charge in [-0.15, -0.1) is 0 Å². The molecule has 0 aromatic carbocycles. The van der Waals surface area contributed by atoms with Gasteiger partial charge < -0.3 is 15.3 Å². The lowest BCUT2D eigenvalue weighted by Gasteiger charge is -1.97. The van der Waals surface area contributed by atoms with Crippen molar-refractivity contribution in [2.45, 2.75) is 12.5 Å². The van der Waals surface area contributed by atoms with Crippen molar-refractivity contribution >= 4 is 11.9 Å². The van der Waals surface area contributed by atoms with E-state index in [0.717, 1.165) is 0 Å². The number of carboxylic acids is 2. The van der Waals surface area contributed by atoms with Crippen LogP contribution in [0.15, 0.2) is 0 Å². The molecule has 0 aliphatic rings. The molecule has 0 aliphatic heterocycles. The lowest BCUT2D eigenvalue weighted by molar-refractivity contribution is -0.152. The quantitative estimate of drug-likeness (QED) is 0.427. The van der Waals surface area contributed by atoms with Crippen LogP contribution in [0, 0.1) is 0 Å². The molecular weight excluding hydrogens is 129 g/mol. The van der Waals surface area contributed by atoms with Gasteiger partial charge in [0.25, 0.3) is 0 Å². The van der Waals surface area contributed by atoms with Gasteiger partial charge in [0.15, 0.2) is 6.10 Å². The summed E-state index contributed by atoms with van der Waals surface area (Å²) in [5, 5.41) is 24.1. The zero-order valence-corrected chi connectivity index (χ0v) is 4.44. The molecule has 0 radical (unpaired) electrons. The fraction of sp³-hybridized carbons (Fsp3) is 0.500. The topological polar surface area (TPSA) is 94.8 Å². The predicted octanol–water partition coefficient (Wildman–Crippen LogP) is -1.09. The lowest BCUT2D eigenvalue weighted by Crippen LogP contribution is -2.22. The minimum atomic E-state index is -1.79. The Morgan fingerprint density at radius 3 is 1.89 bits per heavy atom. The molecule has 0 aliphatic carbocycles. The molecule has 0 saturated heterocycles. The van der Waals surface area contributed by atoms with Crippen LogP contribution < -0.4 is 0 Å². The summed E-state index contributed by atoms with van der Waals surface area (Å²) in [5.74, 6) is -2.85. The van der Waals surface area contributed by atoms with E-state index in [0.29, 0.717) is 0 Å². The number of rotatable bonds is 3. The minimum Gasteiger partial charge on any atom is -0.481 e. The summed E-state index contributed by atoms with van der Waals surface area (Å²) < 4.78 is 0. The molecule has 1 atom stereocenters. The number of aliphatic hydroxyl groups excluding tert-OH is 1. The highest BCUT2D eigenvalue weighted by atomic mass is 16.5. The summed E-state index contributed by atoms with van der Waals surface area (Å²) in [6.07, 6.45) is -2.54. The highest BCUT2D eigenvalue weighted by molar-refractivity contribution is 5.79. The van der Waals surface area contributed by atoms with Crippen LogP contribution in [0.3, 0.4) is 0 Å². The van der Waals surface area contributed by atoms with Gasteiger partial charge in [0, 0.05) is 0 Å². The SMILES string of the molecule is O=C(O)C[13CH](O)C(=O)O. The Morgan fingerprint density at radius 1 is 1.33 bits per heavy atom. The lowest BCUT2D eigenvalue weighted by atomic mass is 10.5. The van der Waals surface area contributed by atoms with E-state index in [4.69, 9.17) is 15.3 Å². The molecule has 0 amide bonds. The highest BCUT2D eigenvalue weighted by Gasteiger charge is 2.16. The maximum Gasteiger partial charge on any atom is 0.333 e. The molecule has 1 unspecified atom stereocenters. The van der Waals surface area contributed by atoms with Gasteiger partial charge in [0.05, 0.1) is 6.42 Å². The Labute approximate surface area is 50.5 Å². The average molecular weight is 135 g/mol. The van der Waals surface area contributed by atoms with Gasteiger partial charge >= 0.3 is 11.9 Å². The van der Waals surface area contributed by atoms with Crippen LogP contribution in [-0.4, -0.2) is 33.4 Å². The first kappa shape index (κ1) is 7.90. The maximum absolute atomic E-state index is 9.72. The van der Waals surface area contributed by atoms with Gasteiger partial charge in [-0.2, -0.15) is 0 Å². The summed E-state index contributed by atoms with van der Waals surface area (Å²) in [6.45, 7) is 0. The monoisotopic (exact) mass is 135 g/mol. The van der Waals surface area contributed by atoms with Gasteiger partial charge in [0.1, 0.15) is 0 Å². The second kappa shape index (κ2) is 3.03. The second-order valence-electron chi connectivity index (χ2n) is 1.45. The van der Waals surface area contributed by atoms with Crippen molar-refractivity contribution in [2.75, 3.05) is 0 Å². The van der Waals surface area contributed by atoms with Crippen molar-refractivity contribution in [1.82, 2.24) is 0 Å². The zero-order valence-electron chi connectivity index (χ0n) is 4.44. The molecule has 0 saturated carbocycles. The van der Waals surface area contributed by atoms with Crippen molar-refractivity contribution in [3.8, 4) is 0 Å². The molecule has 0 spiro atoms. The van der Waals surface area contributed by atoms with Gasteiger partial charge in [-0.05, 0) is 0 Å². The Balaban J connectivity index is 3.63. The van der Waals surface area contributed by atoms with E-state index in [1.165, 1.54) is 0 Å². The van der Waals surface area contributed by atoms with E-state index in [1.807, 2.05) is 0 Å². The summed E-state index contributed by atoms with van der Waals surface area (Å²) in [5.41, 5.74) is 0. The fourth-order valence-electron chi connectivity index (χ4n) is 0.253. The smallest absolute Gasteiger partial charge is 0.333 e. The molecule has 0 aromatic heterocycles. The molecule has 5 nitrogen and oxygen atoms in total. The third-order valence-corrected chi connectivity index (χ3v) is 0.653. The fourth-order valence-corrected chi connectivity index (χ4v) is 0.253. The normalized spacial score (nSPS) is 12.6. The van der Waals surface area contributed by atoms with E-state index in [1.54, 1.807) is 0 Å². The van der Waals surface area contributed by atoms with E-state index in [9.17, 15) is 9.59 Å². The molecule has 3 N–H and O–H groups in total. The van der Waals surface area contributed by atoms with Crippen LogP contribution in [0.2, 0.25) is 0 Å². The first-order valence-electron chi connectivity index (χ1n) is 2.16. The number of aliphatic hydroxyl groups is 1. The standard InChI is InChI=1S/C4H6O5/c5-2(4(8)9)1-3(6)7/h2,5H,1H2,(H,6,7)(H,8,9)/i2+1. The van der Waals surface area contributed by atoms with Crippen LogP contribution in [0.25, 0.3) is 0 Å². The summed E-state index contributed by atoms with van der Waals surface area (Å²) >= 11 is 0. The zero-order chi connectivity index (χ0) is 7.44. The number of aliphatic carboxylic acids is 2. The van der Waals surface area contributed by atoms with Crippen molar-refractivity contribution in [3.63, 3.8) is 0 Å². The van der Waals surface area contributed by atoms with Crippen LogP contribution in [-0.2, 0) is 9.59 Å². The Kier molecular flexibility index (Phi) is 2.66. The largest absolute Gasteiger partial charge is 0.481 e. The molecule has 0 rings (SSSR count). The molecular formula is C4H6O5. The van der Waals surface area contributed by atoms with Crippen molar-refractivity contribution in [1.29, 1.82) is 0 Å². The first-order chi connectivity index (χ1) is 4.04. The van der Waals surface area contributed by atoms with Crippen LogP contribution in [0.5, 0.6) is 0 Å². The molecule has 9 heavy (non-hydrogen) atoms. The molecule has 0 bridgehead atoms. The number of carboxylic acid groups (broad SMARTS) is 2. The highest BCUT2D eigenvalue weighted by Crippen LogP contribution is 1.89. The number of carbonyl (C=O) groups is 2. The number of hydrogen-bond donors (Lipinski definition) is 3. The van der Waals surface area contributed by atoms with Crippen LogP contribution in [0.4, 0.5) is 0 Å². The average Bonchev–Trinajstić information content (AvgIpc) is 1.63. The minimum absolute atomic E-state index is 0.755. The third-order valence-electron chi connectivity index (χ3n) is 0.653. The van der Waals surface area contributed by atoms with Crippen LogP contribution in [0.1, 0.15) is 6.42 Å². The van der Waals surface area contributed by atoms with Gasteiger partial charge in [0.2, 0.25) is 0 Å². The van der Waals surface area contributed by atoms with Gasteiger partial charge in [-0.1, -0.05) is 0 Å². The molecule has 0 fully saturated rings. The Hall–Kier alpha value is -1.10. The second-order valence-corrected chi connectivity index (χ2v) is 1.45. The van der Waals surface area contributed by atoms with E-state index in [2.05, 4.69) is 0 Å². The van der Waals surface area contributed by atoms with Crippen molar-refractivity contribution < 1.29 is 24.9 Å². The molecule has 52 valence electrons. The third kappa shape index (κ3) is 3.48. The summed E-state index contributed by atoms with van der Waals surface area (Å²) in [6, 6.07) is 0. The molecule has 0 aromatic rings. The first-order valence-corrected chi connectivity index (χ1v) is 2.16. The van der Waals surface area contributed by atoms with E-state index < -0.39 is 24.5 Å². The predicted molar refractivity (Wildman–Crippen MR) is 25.9 cm³/mol. The number of hydrogen-bond acceptors (Lipinski definition) is 3. The maximum atomic E-state index is 9.72. The van der Waals surface area contributed by atoms with E-state index >= 15 is 0 Å². The van der Waals surface area contributed by atoms with Crippen LogP contribution >= 0.6 is 0 Å². The molecule has 5 heteroatoms. The van der Waals surface area contributed by atoms with Crippen molar-refractivity contribution in [3.05, 3.63) is 0 Å². The van der Waals surface area contributed by atoms with E-state index in [-0.39, 0.29) is 0 Å². The van der Waals surface area contributed by atoms with Gasteiger partial charge in [-0.3, -0.25) is 4.79 Å².